The summed E-state index contributed by atoms with van der Waals surface area (Å²) in [4.78, 5) is 56.1. The van der Waals surface area contributed by atoms with Gasteiger partial charge >= 0.3 is 0 Å². The number of hydrogen-bond donors (Lipinski definition) is 1. The van der Waals surface area contributed by atoms with Crippen molar-refractivity contribution in [2.75, 3.05) is 5.32 Å². The van der Waals surface area contributed by atoms with Gasteiger partial charge in [-0.05, 0) is 49.7 Å². The van der Waals surface area contributed by atoms with Gasteiger partial charge in [-0.25, -0.2) is 0 Å². The first-order valence-electron chi connectivity index (χ1n) is 13.8. The summed E-state index contributed by atoms with van der Waals surface area (Å²) < 4.78 is 1.58. The first-order valence-corrected chi connectivity index (χ1v) is 13.8. The van der Waals surface area contributed by atoms with Gasteiger partial charge in [0.25, 0.3) is 5.56 Å². The number of anilines is 2. The summed E-state index contributed by atoms with van der Waals surface area (Å²) in [7, 11) is 0. The fraction of sp³-hybridized carbons (Fsp3) is 0.111. The third-order valence-corrected chi connectivity index (χ3v) is 7.80. The predicted octanol–water partition coefficient (Wildman–Crippen LogP) is 6.59. The van der Waals surface area contributed by atoms with E-state index in [1.54, 1.807) is 22.8 Å². The zero-order valence-electron chi connectivity index (χ0n) is 23.2. The predicted molar refractivity (Wildman–Crippen MR) is 163 cm³/mol. The van der Waals surface area contributed by atoms with Crippen molar-refractivity contribution in [2.24, 2.45) is 5.92 Å². The highest BCUT2D eigenvalue weighted by Gasteiger charge is 2.47. The second kappa shape index (κ2) is 10.9. The molecule has 6 heteroatoms. The van der Waals surface area contributed by atoms with E-state index in [-0.39, 0.29) is 22.2 Å². The number of rotatable bonds is 6. The first-order chi connectivity index (χ1) is 20.3. The monoisotopic (exact) mass is 552 g/mol. The zero-order valence-corrected chi connectivity index (χ0v) is 23.2. The summed E-state index contributed by atoms with van der Waals surface area (Å²) in [6.07, 6.45) is 0. The maximum atomic E-state index is 14.7. The van der Waals surface area contributed by atoms with E-state index in [0.717, 1.165) is 11.3 Å². The zero-order chi connectivity index (χ0) is 29.4. The molecule has 0 amide bonds. The number of fused-ring (bicyclic) bond motifs is 1. The molecule has 2 unspecified atom stereocenters. The molecule has 6 rings (SSSR count). The van der Waals surface area contributed by atoms with Crippen molar-refractivity contribution in [3.8, 4) is 5.69 Å². The molecule has 1 aromatic heterocycles. The van der Waals surface area contributed by atoms with E-state index in [1.807, 2.05) is 105 Å². The van der Waals surface area contributed by atoms with E-state index < -0.39 is 29.2 Å². The molecule has 0 spiro atoms. The summed E-state index contributed by atoms with van der Waals surface area (Å²) in [5, 5.41) is 3.37. The number of nitrogens with zero attached hydrogens (tertiary/aromatic N) is 1. The van der Waals surface area contributed by atoms with Gasteiger partial charge in [0.1, 0.15) is 5.92 Å². The molecule has 1 N–H and O–H groups in total. The lowest BCUT2D eigenvalue weighted by Crippen LogP contribution is -2.43. The molecule has 1 aliphatic rings. The number of aryl methyl sites for hydroxylation is 2. The highest BCUT2D eigenvalue weighted by atomic mass is 16.2. The fourth-order valence-electron chi connectivity index (χ4n) is 5.78. The van der Waals surface area contributed by atoms with E-state index in [2.05, 4.69) is 5.32 Å². The van der Waals surface area contributed by atoms with Crippen molar-refractivity contribution in [2.45, 2.75) is 19.8 Å². The van der Waals surface area contributed by atoms with Gasteiger partial charge in [-0.3, -0.25) is 23.7 Å². The number of ketones is 3. The average Bonchev–Trinajstić information content (AvgIpc) is 3.00. The van der Waals surface area contributed by atoms with Gasteiger partial charge in [-0.1, -0.05) is 90.5 Å². The SMILES string of the molecule is Cc1ccc(C(c2c(Nc3ccccc3)cc(C)n(-c3ccccc3)c2=O)C2C(=O)C(=O)c3ccccc3C2=O)cc1. The summed E-state index contributed by atoms with van der Waals surface area (Å²) in [5.74, 6) is -4.46. The Kier molecular flexibility index (Phi) is 6.97. The molecule has 0 saturated carbocycles. The Morgan fingerprint density at radius 1 is 0.667 bits per heavy atom. The standard InChI is InChI=1S/C36H28N2O4/c1-22-17-19-24(20-18-22)30(32-33(39)27-15-9-10-16-28(27)34(40)35(32)41)31-29(37-25-11-5-3-6-12-25)21-23(2)38(36(31)42)26-13-7-4-8-14-26/h3-21,30,32,37H,1-2H3. The van der Waals surface area contributed by atoms with Crippen LogP contribution in [0.15, 0.2) is 120 Å². The minimum absolute atomic E-state index is 0.0969. The molecule has 5 aromatic rings. The number of benzene rings is 4. The molecule has 0 saturated heterocycles. The molecule has 0 bridgehead atoms. The number of carbonyl (C=O) groups excluding carboxylic acids is 3. The first kappa shape index (κ1) is 26.8. The number of hydrogen-bond acceptors (Lipinski definition) is 5. The van der Waals surface area contributed by atoms with E-state index in [4.69, 9.17) is 0 Å². The Bertz CT molecular complexity index is 1890. The molecular formula is C36H28N2O4. The van der Waals surface area contributed by atoms with Crippen LogP contribution < -0.4 is 10.9 Å². The maximum absolute atomic E-state index is 14.7. The minimum atomic E-state index is -1.41. The Labute approximate surface area is 243 Å². The van der Waals surface area contributed by atoms with Crippen LogP contribution in [0.1, 0.15) is 49.0 Å². The molecule has 1 heterocycles. The highest BCUT2D eigenvalue weighted by Crippen LogP contribution is 2.41. The lowest BCUT2D eigenvalue weighted by Gasteiger charge is -2.31. The van der Waals surface area contributed by atoms with E-state index >= 15 is 0 Å². The normalized spacial score (nSPS) is 15.3. The molecule has 0 aliphatic heterocycles. The lowest BCUT2D eigenvalue weighted by atomic mass is 9.69. The average molecular weight is 553 g/mol. The van der Waals surface area contributed by atoms with Crippen LogP contribution in [0.25, 0.3) is 5.69 Å². The number of pyridine rings is 1. The lowest BCUT2D eigenvalue weighted by molar-refractivity contribution is -0.117. The molecular weight excluding hydrogens is 524 g/mol. The van der Waals surface area contributed by atoms with Crippen LogP contribution in [-0.2, 0) is 4.79 Å². The van der Waals surface area contributed by atoms with Gasteiger partial charge in [0, 0.05) is 39.8 Å². The van der Waals surface area contributed by atoms with Crippen LogP contribution in [-0.4, -0.2) is 21.9 Å². The topological polar surface area (TPSA) is 85.2 Å². The Balaban J connectivity index is 1.67. The Morgan fingerprint density at radius 3 is 1.93 bits per heavy atom. The molecule has 0 fully saturated rings. The van der Waals surface area contributed by atoms with Gasteiger partial charge in [0.2, 0.25) is 11.6 Å². The van der Waals surface area contributed by atoms with E-state index in [9.17, 15) is 19.2 Å². The molecule has 4 aromatic carbocycles. The maximum Gasteiger partial charge on any atom is 0.261 e. The van der Waals surface area contributed by atoms with Crippen LogP contribution in [0.3, 0.4) is 0 Å². The molecule has 42 heavy (non-hydrogen) atoms. The van der Waals surface area contributed by atoms with Crippen molar-refractivity contribution in [1.82, 2.24) is 4.57 Å². The quantitative estimate of drug-likeness (QED) is 0.190. The largest absolute Gasteiger partial charge is 0.355 e. The summed E-state index contributed by atoms with van der Waals surface area (Å²) >= 11 is 0. The summed E-state index contributed by atoms with van der Waals surface area (Å²) in [6, 6.07) is 34.3. The second-order valence-corrected chi connectivity index (χ2v) is 10.5. The smallest absolute Gasteiger partial charge is 0.261 e. The van der Waals surface area contributed by atoms with E-state index in [1.165, 1.54) is 6.07 Å². The summed E-state index contributed by atoms with van der Waals surface area (Å²) in [6.45, 7) is 3.78. The third kappa shape index (κ3) is 4.67. The molecule has 2 atom stereocenters. The van der Waals surface area contributed by atoms with Crippen LogP contribution in [0.4, 0.5) is 11.4 Å². The third-order valence-electron chi connectivity index (χ3n) is 7.80. The van der Waals surface area contributed by atoms with Crippen LogP contribution >= 0.6 is 0 Å². The molecule has 0 radical (unpaired) electrons. The molecule has 206 valence electrons. The van der Waals surface area contributed by atoms with Crippen molar-refractivity contribution in [3.63, 3.8) is 0 Å². The number of para-hydroxylation sites is 2. The van der Waals surface area contributed by atoms with Crippen molar-refractivity contribution in [3.05, 3.63) is 159 Å². The minimum Gasteiger partial charge on any atom is -0.355 e. The van der Waals surface area contributed by atoms with Crippen molar-refractivity contribution >= 4 is 28.7 Å². The van der Waals surface area contributed by atoms with Crippen LogP contribution in [0, 0.1) is 19.8 Å². The number of Topliss-reactive ketones (excluding diaryl/α,β-unsaturated/α-hetero) is 3. The van der Waals surface area contributed by atoms with Gasteiger partial charge in [-0.15, -0.1) is 0 Å². The van der Waals surface area contributed by atoms with Gasteiger partial charge in [0.15, 0.2) is 5.78 Å². The fourth-order valence-corrected chi connectivity index (χ4v) is 5.78. The van der Waals surface area contributed by atoms with Crippen molar-refractivity contribution < 1.29 is 14.4 Å². The molecule has 6 nitrogen and oxygen atoms in total. The van der Waals surface area contributed by atoms with Gasteiger partial charge < -0.3 is 5.32 Å². The Hall–Kier alpha value is -5.36. The second-order valence-electron chi connectivity index (χ2n) is 10.5. The van der Waals surface area contributed by atoms with Crippen molar-refractivity contribution in [1.29, 1.82) is 0 Å². The highest BCUT2D eigenvalue weighted by molar-refractivity contribution is 6.52. The number of aromatic nitrogens is 1. The van der Waals surface area contributed by atoms with Crippen LogP contribution in [0.2, 0.25) is 0 Å². The van der Waals surface area contributed by atoms with E-state index in [0.29, 0.717) is 22.6 Å². The van der Waals surface area contributed by atoms with Gasteiger partial charge in [0.05, 0.1) is 5.56 Å². The summed E-state index contributed by atoms with van der Waals surface area (Å²) in [5.41, 5.74) is 4.24. The number of carbonyl (C=O) groups is 3. The molecule has 1 aliphatic carbocycles. The number of nitrogens with one attached hydrogen (secondary N) is 1. The van der Waals surface area contributed by atoms with Crippen LogP contribution in [0.5, 0.6) is 0 Å². The Morgan fingerprint density at radius 2 is 1.26 bits per heavy atom. The van der Waals surface area contributed by atoms with Gasteiger partial charge in [-0.2, -0.15) is 0 Å².